The van der Waals surface area contributed by atoms with Gasteiger partial charge in [0, 0.05) is 23.7 Å². The van der Waals surface area contributed by atoms with Crippen molar-refractivity contribution in [3.63, 3.8) is 0 Å². The largest absolute Gasteiger partial charge is 0.477 e. The van der Waals surface area contributed by atoms with Crippen LogP contribution in [0.3, 0.4) is 0 Å². The SMILES string of the molecule is C[C@@H]1CNC(=O)[C@H]1N1C=C(C(=O)O)SC1c1cc(F)cc(Cl)c1. The maximum absolute atomic E-state index is 13.7. The summed E-state index contributed by atoms with van der Waals surface area (Å²) in [5.74, 6) is -1.72. The van der Waals surface area contributed by atoms with E-state index < -0.39 is 23.2 Å². The van der Waals surface area contributed by atoms with Crippen LogP contribution in [0.5, 0.6) is 0 Å². The molecule has 23 heavy (non-hydrogen) atoms. The van der Waals surface area contributed by atoms with Gasteiger partial charge in [0.2, 0.25) is 5.91 Å². The Hall–Kier alpha value is -1.73. The summed E-state index contributed by atoms with van der Waals surface area (Å²) >= 11 is 6.98. The highest BCUT2D eigenvalue weighted by molar-refractivity contribution is 8.04. The van der Waals surface area contributed by atoms with E-state index in [1.807, 2.05) is 6.92 Å². The van der Waals surface area contributed by atoms with Crippen LogP contribution in [0.15, 0.2) is 29.3 Å². The molecule has 3 rings (SSSR count). The summed E-state index contributed by atoms with van der Waals surface area (Å²) < 4.78 is 13.7. The van der Waals surface area contributed by atoms with Crippen molar-refractivity contribution in [2.45, 2.75) is 18.3 Å². The van der Waals surface area contributed by atoms with E-state index in [2.05, 4.69) is 5.32 Å². The van der Waals surface area contributed by atoms with Gasteiger partial charge in [-0.2, -0.15) is 0 Å². The number of hydrogen-bond donors (Lipinski definition) is 2. The van der Waals surface area contributed by atoms with Crippen LogP contribution in [0.4, 0.5) is 4.39 Å². The van der Waals surface area contributed by atoms with Gasteiger partial charge in [-0.1, -0.05) is 30.3 Å². The molecule has 2 heterocycles. The van der Waals surface area contributed by atoms with Gasteiger partial charge in [0.15, 0.2) is 0 Å². The summed E-state index contributed by atoms with van der Waals surface area (Å²) in [5, 5.41) is 11.8. The lowest BCUT2D eigenvalue weighted by molar-refractivity contribution is -0.132. The molecule has 0 aromatic heterocycles. The molecule has 3 atom stereocenters. The first-order valence-electron chi connectivity index (χ1n) is 6.99. The van der Waals surface area contributed by atoms with Gasteiger partial charge in [-0.3, -0.25) is 4.79 Å². The predicted molar refractivity (Wildman–Crippen MR) is 85.3 cm³/mol. The zero-order chi connectivity index (χ0) is 16.7. The topological polar surface area (TPSA) is 69.6 Å². The average Bonchev–Trinajstić information content (AvgIpc) is 3.02. The number of rotatable bonds is 3. The van der Waals surface area contributed by atoms with E-state index in [0.29, 0.717) is 12.1 Å². The van der Waals surface area contributed by atoms with Gasteiger partial charge in [-0.15, -0.1) is 0 Å². The lowest BCUT2D eigenvalue weighted by Crippen LogP contribution is -2.40. The summed E-state index contributed by atoms with van der Waals surface area (Å²) in [6.45, 7) is 2.44. The summed E-state index contributed by atoms with van der Waals surface area (Å²) in [4.78, 5) is 25.2. The minimum atomic E-state index is -1.07. The number of nitrogens with one attached hydrogen (secondary N) is 1. The van der Waals surface area contributed by atoms with E-state index in [9.17, 15) is 19.1 Å². The summed E-state index contributed by atoms with van der Waals surface area (Å²) in [6.07, 6.45) is 1.46. The average molecular weight is 357 g/mol. The number of nitrogens with zero attached hydrogens (tertiary/aromatic N) is 1. The Morgan fingerprint density at radius 3 is 2.78 bits per heavy atom. The highest BCUT2D eigenvalue weighted by atomic mass is 35.5. The zero-order valence-corrected chi connectivity index (χ0v) is 13.7. The minimum Gasteiger partial charge on any atom is -0.477 e. The lowest BCUT2D eigenvalue weighted by Gasteiger charge is -2.31. The molecular formula is C15H14ClFN2O3S. The third-order valence-electron chi connectivity index (χ3n) is 3.88. The van der Waals surface area contributed by atoms with Crippen molar-refractivity contribution in [2.24, 2.45) is 5.92 Å². The molecule has 1 amide bonds. The van der Waals surface area contributed by atoms with Gasteiger partial charge >= 0.3 is 5.97 Å². The van der Waals surface area contributed by atoms with E-state index in [0.717, 1.165) is 11.8 Å². The first-order chi connectivity index (χ1) is 10.9. The van der Waals surface area contributed by atoms with Crippen LogP contribution in [-0.4, -0.2) is 34.5 Å². The molecule has 0 saturated carbocycles. The van der Waals surface area contributed by atoms with E-state index in [4.69, 9.17) is 11.6 Å². The van der Waals surface area contributed by atoms with Crippen LogP contribution in [0.25, 0.3) is 0 Å². The molecule has 1 aromatic rings. The monoisotopic (exact) mass is 356 g/mol. The smallest absolute Gasteiger partial charge is 0.343 e. The zero-order valence-electron chi connectivity index (χ0n) is 12.1. The van der Waals surface area contributed by atoms with Gasteiger partial charge in [-0.05, 0) is 23.8 Å². The first kappa shape index (κ1) is 16.1. The fraction of sp³-hybridized carbons (Fsp3) is 0.333. The Morgan fingerprint density at radius 2 is 2.22 bits per heavy atom. The van der Waals surface area contributed by atoms with Crippen LogP contribution in [0.2, 0.25) is 5.02 Å². The van der Waals surface area contributed by atoms with Gasteiger partial charge in [-0.25, -0.2) is 9.18 Å². The molecule has 1 saturated heterocycles. The Kier molecular flexibility index (Phi) is 4.25. The molecule has 0 bridgehead atoms. The van der Waals surface area contributed by atoms with Crippen molar-refractivity contribution in [2.75, 3.05) is 6.54 Å². The van der Waals surface area contributed by atoms with Crippen LogP contribution < -0.4 is 5.32 Å². The van der Waals surface area contributed by atoms with Crippen molar-refractivity contribution in [3.05, 3.63) is 45.7 Å². The molecule has 1 unspecified atom stereocenters. The quantitative estimate of drug-likeness (QED) is 0.871. The van der Waals surface area contributed by atoms with Crippen molar-refractivity contribution < 1.29 is 19.1 Å². The molecule has 0 spiro atoms. The van der Waals surface area contributed by atoms with Gasteiger partial charge < -0.3 is 15.3 Å². The highest BCUT2D eigenvalue weighted by Gasteiger charge is 2.43. The van der Waals surface area contributed by atoms with Crippen molar-refractivity contribution in [1.29, 1.82) is 0 Å². The maximum Gasteiger partial charge on any atom is 0.343 e. The summed E-state index contributed by atoms with van der Waals surface area (Å²) in [6, 6.07) is 3.59. The van der Waals surface area contributed by atoms with Crippen LogP contribution >= 0.6 is 23.4 Å². The molecule has 0 radical (unpaired) electrons. The Morgan fingerprint density at radius 1 is 1.48 bits per heavy atom. The highest BCUT2D eigenvalue weighted by Crippen LogP contribution is 2.47. The van der Waals surface area contributed by atoms with Crippen LogP contribution in [0.1, 0.15) is 17.9 Å². The summed E-state index contributed by atoms with van der Waals surface area (Å²) in [7, 11) is 0. The first-order valence-corrected chi connectivity index (χ1v) is 8.25. The Labute approximate surface area is 141 Å². The fourth-order valence-electron chi connectivity index (χ4n) is 2.87. The van der Waals surface area contributed by atoms with E-state index >= 15 is 0 Å². The van der Waals surface area contributed by atoms with Gasteiger partial charge in [0.05, 0.1) is 0 Å². The van der Waals surface area contributed by atoms with Crippen molar-refractivity contribution >= 4 is 35.2 Å². The molecular weight excluding hydrogens is 343 g/mol. The number of carbonyl (C=O) groups is 2. The second-order valence-electron chi connectivity index (χ2n) is 5.59. The third-order valence-corrected chi connectivity index (χ3v) is 5.37. The molecule has 1 fully saturated rings. The Bertz CT molecular complexity index is 692. The van der Waals surface area contributed by atoms with E-state index in [1.165, 1.54) is 18.3 Å². The second-order valence-corrected chi connectivity index (χ2v) is 7.14. The van der Waals surface area contributed by atoms with Gasteiger partial charge in [0.1, 0.15) is 22.1 Å². The van der Waals surface area contributed by atoms with Crippen molar-refractivity contribution in [3.8, 4) is 0 Å². The Balaban J connectivity index is 2.01. The molecule has 1 aromatic carbocycles. The molecule has 5 nitrogen and oxygen atoms in total. The molecule has 2 aliphatic rings. The number of carboxylic acids is 1. The number of hydrogen-bond acceptors (Lipinski definition) is 4. The minimum absolute atomic E-state index is 0.0130. The molecule has 8 heteroatoms. The standard InChI is InChI=1S/C15H14ClFN2O3S/c1-7-5-18-13(20)12(7)19-6-11(15(21)22)23-14(19)8-2-9(16)4-10(17)3-8/h2-4,6-7,12,14H,5H2,1H3,(H,18,20)(H,21,22)/t7-,12+,14?/m1/s1. The third kappa shape index (κ3) is 3.03. The normalized spacial score (nSPS) is 27.1. The number of thioether (sulfide) groups is 1. The molecule has 122 valence electrons. The maximum atomic E-state index is 13.7. The molecule has 2 N–H and O–H groups in total. The van der Waals surface area contributed by atoms with Crippen LogP contribution in [-0.2, 0) is 9.59 Å². The molecule has 0 aliphatic carbocycles. The number of benzene rings is 1. The van der Waals surface area contributed by atoms with E-state index in [-0.39, 0.29) is 21.8 Å². The lowest BCUT2D eigenvalue weighted by atomic mass is 10.0. The number of aliphatic carboxylic acids is 1. The number of amides is 1. The molecule has 2 aliphatic heterocycles. The van der Waals surface area contributed by atoms with Crippen LogP contribution in [0, 0.1) is 11.7 Å². The number of carbonyl (C=O) groups excluding carboxylic acids is 1. The van der Waals surface area contributed by atoms with E-state index in [1.54, 1.807) is 11.0 Å². The second kappa shape index (κ2) is 6.05. The van der Waals surface area contributed by atoms with Gasteiger partial charge in [0.25, 0.3) is 0 Å². The van der Waals surface area contributed by atoms with Crippen molar-refractivity contribution in [1.82, 2.24) is 10.2 Å². The summed E-state index contributed by atoms with van der Waals surface area (Å²) in [5.41, 5.74) is 0.527. The number of halogens is 2. The predicted octanol–water partition coefficient (Wildman–Crippen LogP) is 2.59. The fourth-order valence-corrected chi connectivity index (χ4v) is 4.21. The number of carboxylic acid groups (broad SMARTS) is 1.